The van der Waals surface area contributed by atoms with Crippen molar-refractivity contribution in [2.45, 2.75) is 12.5 Å². The van der Waals surface area contributed by atoms with E-state index in [1.54, 1.807) is 0 Å². The summed E-state index contributed by atoms with van der Waals surface area (Å²) in [6.45, 7) is 0.665. The minimum atomic E-state index is 0.113. The van der Waals surface area contributed by atoms with Gasteiger partial charge in [0.25, 0.3) is 0 Å². The van der Waals surface area contributed by atoms with E-state index in [4.69, 9.17) is 27.9 Å². The summed E-state index contributed by atoms with van der Waals surface area (Å²) in [7, 11) is 0. The average Bonchev–Trinajstić information content (AvgIpc) is 2.43. The lowest BCUT2D eigenvalue weighted by molar-refractivity contribution is 0.274. The first-order valence-electron chi connectivity index (χ1n) is 6.38. The van der Waals surface area contributed by atoms with Gasteiger partial charge in [-0.05, 0) is 30.3 Å². The summed E-state index contributed by atoms with van der Waals surface area (Å²) in [6, 6.07) is 9.78. The van der Waals surface area contributed by atoms with E-state index < -0.39 is 0 Å². The van der Waals surface area contributed by atoms with Gasteiger partial charge in [0.05, 0.1) is 28.4 Å². The molecule has 0 aromatic heterocycles. The summed E-state index contributed by atoms with van der Waals surface area (Å²) in [6.07, 6.45) is 0.853. The predicted molar refractivity (Wildman–Crippen MR) is 94.8 cm³/mol. The molecule has 0 radical (unpaired) electrons. The maximum Gasteiger partial charge on any atom is 0.124 e. The molecular formula is C15H11Br2Cl2NO. The van der Waals surface area contributed by atoms with Crippen LogP contribution in [-0.2, 0) is 0 Å². The van der Waals surface area contributed by atoms with Crippen LogP contribution in [-0.4, -0.2) is 6.61 Å². The molecule has 0 spiro atoms. The van der Waals surface area contributed by atoms with Gasteiger partial charge in [0.1, 0.15) is 5.75 Å². The summed E-state index contributed by atoms with van der Waals surface area (Å²) in [5.41, 5.74) is 1.85. The molecule has 2 aromatic rings. The van der Waals surface area contributed by atoms with Crippen LogP contribution in [0.15, 0.2) is 39.3 Å². The molecule has 21 heavy (non-hydrogen) atoms. The number of benzene rings is 2. The Labute approximate surface area is 150 Å². The second-order valence-corrected chi connectivity index (χ2v) is 7.41. The van der Waals surface area contributed by atoms with Crippen LogP contribution in [0.3, 0.4) is 0 Å². The van der Waals surface area contributed by atoms with Crippen LogP contribution in [0, 0.1) is 0 Å². The van der Waals surface area contributed by atoms with Crippen molar-refractivity contribution in [1.82, 2.24) is 0 Å². The van der Waals surface area contributed by atoms with Gasteiger partial charge in [-0.25, -0.2) is 0 Å². The first kappa shape index (κ1) is 15.5. The number of fused-ring (bicyclic) bond motifs is 1. The fraction of sp³-hybridized carbons (Fsp3) is 0.200. The number of nitrogens with one attached hydrogen (secondary N) is 1. The van der Waals surface area contributed by atoms with Gasteiger partial charge >= 0.3 is 0 Å². The molecule has 6 heteroatoms. The fourth-order valence-electron chi connectivity index (χ4n) is 2.37. The van der Waals surface area contributed by atoms with Crippen molar-refractivity contribution >= 4 is 60.7 Å². The first-order valence-corrected chi connectivity index (χ1v) is 8.72. The van der Waals surface area contributed by atoms with Gasteiger partial charge in [-0.3, -0.25) is 0 Å². The molecule has 2 nitrogen and oxygen atoms in total. The van der Waals surface area contributed by atoms with Crippen LogP contribution < -0.4 is 10.1 Å². The molecule has 0 amide bonds. The Bertz CT molecular complexity index is 670. The normalized spacial score (nSPS) is 17.0. The number of anilines is 1. The molecule has 1 atom stereocenters. The molecule has 1 unspecified atom stereocenters. The Morgan fingerprint density at radius 3 is 2.48 bits per heavy atom. The monoisotopic (exact) mass is 449 g/mol. The van der Waals surface area contributed by atoms with E-state index in [9.17, 15) is 0 Å². The lowest BCUT2D eigenvalue weighted by Crippen LogP contribution is -2.20. The Balaban J connectivity index is 1.96. The second-order valence-electron chi connectivity index (χ2n) is 4.76. The van der Waals surface area contributed by atoms with Gasteiger partial charge in [0.2, 0.25) is 0 Å². The van der Waals surface area contributed by atoms with Crippen LogP contribution in [0.2, 0.25) is 10.0 Å². The summed E-state index contributed by atoms with van der Waals surface area (Å²) < 4.78 is 7.57. The molecule has 2 aromatic carbocycles. The van der Waals surface area contributed by atoms with Crippen molar-refractivity contribution in [3.05, 3.63) is 54.9 Å². The van der Waals surface area contributed by atoms with E-state index in [1.165, 1.54) is 0 Å². The van der Waals surface area contributed by atoms with Crippen molar-refractivity contribution in [1.29, 1.82) is 0 Å². The van der Waals surface area contributed by atoms with E-state index in [0.29, 0.717) is 16.7 Å². The summed E-state index contributed by atoms with van der Waals surface area (Å²) in [5.74, 6) is 0.895. The third-order valence-electron chi connectivity index (χ3n) is 3.34. The predicted octanol–water partition coefficient (Wildman–Crippen LogP) is 6.45. The number of hydrogen-bond acceptors (Lipinski definition) is 2. The molecular weight excluding hydrogens is 441 g/mol. The Morgan fingerprint density at radius 2 is 1.76 bits per heavy atom. The molecule has 0 fully saturated rings. The highest BCUT2D eigenvalue weighted by Crippen LogP contribution is 2.40. The van der Waals surface area contributed by atoms with E-state index >= 15 is 0 Å². The summed E-state index contributed by atoms with van der Waals surface area (Å²) >= 11 is 19.5. The van der Waals surface area contributed by atoms with Gasteiger partial charge in [0.15, 0.2) is 0 Å². The van der Waals surface area contributed by atoms with Gasteiger partial charge in [-0.15, -0.1) is 0 Å². The average molecular weight is 452 g/mol. The highest BCUT2D eigenvalue weighted by atomic mass is 79.9. The third kappa shape index (κ3) is 3.34. The first-order chi connectivity index (χ1) is 10.0. The SMILES string of the molecule is Clc1cc(Br)cc(Cl)c1NC1CCOc2ccc(Br)cc21. The van der Waals surface area contributed by atoms with Gasteiger partial charge in [-0.1, -0.05) is 55.1 Å². The Morgan fingerprint density at radius 1 is 1.05 bits per heavy atom. The van der Waals surface area contributed by atoms with Crippen molar-refractivity contribution in [3.63, 3.8) is 0 Å². The van der Waals surface area contributed by atoms with Crippen LogP contribution in [0.1, 0.15) is 18.0 Å². The molecule has 0 aliphatic carbocycles. The van der Waals surface area contributed by atoms with Gasteiger partial charge in [0, 0.05) is 20.9 Å². The zero-order valence-corrected chi connectivity index (χ0v) is 15.5. The standard InChI is InChI=1S/C15H11Br2Cl2NO/c16-8-1-2-14-10(5-8)13(3-4-21-14)20-15-11(18)6-9(17)7-12(15)19/h1-2,5-7,13,20H,3-4H2. The second kappa shape index (κ2) is 6.37. The van der Waals surface area contributed by atoms with Crippen molar-refractivity contribution in [3.8, 4) is 5.75 Å². The maximum atomic E-state index is 6.29. The quantitative estimate of drug-likeness (QED) is 0.566. The van der Waals surface area contributed by atoms with E-state index in [1.807, 2.05) is 24.3 Å². The highest BCUT2D eigenvalue weighted by Gasteiger charge is 2.23. The van der Waals surface area contributed by atoms with Gasteiger partial charge < -0.3 is 10.1 Å². The molecule has 110 valence electrons. The van der Waals surface area contributed by atoms with Crippen molar-refractivity contribution in [2.75, 3.05) is 11.9 Å². The smallest absolute Gasteiger partial charge is 0.124 e. The minimum absolute atomic E-state index is 0.113. The zero-order chi connectivity index (χ0) is 15.0. The van der Waals surface area contributed by atoms with Crippen molar-refractivity contribution in [2.24, 2.45) is 0 Å². The topological polar surface area (TPSA) is 21.3 Å². The molecule has 1 N–H and O–H groups in total. The molecule has 0 saturated carbocycles. The fourth-order valence-corrected chi connectivity index (χ4v) is 4.07. The van der Waals surface area contributed by atoms with E-state index in [0.717, 1.165) is 32.4 Å². The Kier molecular flexibility index (Phi) is 4.69. The number of hydrogen-bond donors (Lipinski definition) is 1. The van der Waals surface area contributed by atoms with Crippen molar-refractivity contribution < 1.29 is 4.74 Å². The lowest BCUT2D eigenvalue weighted by atomic mass is 10.0. The van der Waals surface area contributed by atoms with Crippen LogP contribution in [0.5, 0.6) is 5.75 Å². The molecule has 3 rings (SSSR count). The molecule has 0 bridgehead atoms. The summed E-state index contributed by atoms with van der Waals surface area (Å²) in [4.78, 5) is 0. The lowest BCUT2D eigenvalue weighted by Gasteiger charge is -2.28. The maximum absolute atomic E-state index is 6.29. The third-order valence-corrected chi connectivity index (χ3v) is 4.88. The highest BCUT2D eigenvalue weighted by molar-refractivity contribution is 9.10. The van der Waals surface area contributed by atoms with Crippen LogP contribution in [0.4, 0.5) is 5.69 Å². The van der Waals surface area contributed by atoms with Gasteiger partial charge in [-0.2, -0.15) is 0 Å². The molecule has 1 aliphatic heterocycles. The zero-order valence-electron chi connectivity index (χ0n) is 10.8. The van der Waals surface area contributed by atoms with E-state index in [-0.39, 0.29) is 6.04 Å². The molecule has 1 heterocycles. The van der Waals surface area contributed by atoms with Crippen LogP contribution in [0.25, 0.3) is 0 Å². The molecule has 0 saturated heterocycles. The number of ether oxygens (including phenoxy) is 1. The Hall–Kier alpha value is -0.420. The number of halogens is 4. The summed E-state index contributed by atoms with van der Waals surface area (Å²) in [5, 5.41) is 4.63. The van der Waals surface area contributed by atoms with Crippen LogP contribution >= 0.6 is 55.1 Å². The largest absolute Gasteiger partial charge is 0.493 e. The minimum Gasteiger partial charge on any atom is -0.493 e. The van der Waals surface area contributed by atoms with E-state index in [2.05, 4.69) is 43.2 Å². The molecule has 1 aliphatic rings. The number of rotatable bonds is 2.